The summed E-state index contributed by atoms with van der Waals surface area (Å²) in [4.78, 5) is 25.5. The van der Waals surface area contributed by atoms with Gasteiger partial charge < -0.3 is 0 Å². The third-order valence-electron chi connectivity index (χ3n) is 5.05. The van der Waals surface area contributed by atoms with Crippen molar-refractivity contribution in [2.75, 3.05) is 0 Å². The van der Waals surface area contributed by atoms with E-state index < -0.39 is 0 Å². The molecule has 0 spiro atoms. The molecule has 3 aliphatic carbocycles. The van der Waals surface area contributed by atoms with Crippen molar-refractivity contribution < 1.29 is 9.59 Å². The van der Waals surface area contributed by atoms with Crippen molar-refractivity contribution in [3.63, 3.8) is 0 Å². The number of hydrogen-bond donors (Lipinski definition) is 0. The number of Topliss-reactive ketones (excluding diaryl/α,β-unsaturated/α-hetero) is 2. The minimum Gasteiger partial charge on any atom is -0.289 e. The molecule has 0 aromatic heterocycles. The predicted molar refractivity (Wildman–Crippen MR) is 79.3 cm³/mol. The first-order valence-electron chi connectivity index (χ1n) is 7.24. The molecule has 0 aromatic rings. The quantitative estimate of drug-likeness (QED) is 0.491. The van der Waals surface area contributed by atoms with Crippen LogP contribution >= 0.6 is 0 Å². The SMILES string of the molecule is CC1=C(C)CC2=C(C1)C(=O)C1=C(CC(C)=C(C)C1)C2=O. The highest BCUT2D eigenvalue weighted by Gasteiger charge is 2.37. The molecule has 104 valence electrons. The molecular weight excluding hydrogens is 248 g/mol. The van der Waals surface area contributed by atoms with E-state index in [0.29, 0.717) is 25.7 Å². The van der Waals surface area contributed by atoms with Gasteiger partial charge >= 0.3 is 0 Å². The van der Waals surface area contributed by atoms with Gasteiger partial charge in [-0.2, -0.15) is 0 Å². The van der Waals surface area contributed by atoms with Crippen molar-refractivity contribution in [2.24, 2.45) is 0 Å². The Hall–Kier alpha value is -1.70. The van der Waals surface area contributed by atoms with Gasteiger partial charge in [0.15, 0.2) is 11.6 Å². The van der Waals surface area contributed by atoms with Gasteiger partial charge in [-0.3, -0.25) is 9.59 Å². The lowest BCUT2D eigenvalue weighted by atomic mass is 9.71. The van der Waals surface area contributed by atoms with Crippen LogP contribution in [-0.2, 0) is 9.59 Å². The first kappa shape index (κ1) is 13.3. The van der Waals surface area contributed by atoms with Gasteiger partial charge in [0, 0.05) is 22.3 Å². The van der Waals surface area contributed by atoms with Gasteiger partial charge in [0.25, 0.3) is 0 Å². The first-order chi connectivity index (χ1) is 9.40. The largest absolute Gasteiger partial charge is 0.289 e. The molecule has 0 heterocycles. The van der Waals surface area contributed by atoms with Gasteiger partial charge in [0.2, 0.25) is 0 Å². The van der Waals surface area contributed by atoms with Gasteiger partial charge in [-0.1, -0.05) is 22.3 Å². The summed E-state index contributed by atoms with van der Waals surface area (Å²) < 4.78 is 0. The zero-order valence-corrected chi connectivity index (χ0v) is 12.6. The highest BCUT2D eigenvalue weighted by molar-refractivity contribution is 6.26. The molecule has 0 aliphatic heterocycles. The summed E-state index contributed by atoms with van der Waals surface area (Å²) in [6.07, 6.45) is 2.63. The summed E-state index contributed by atoms with van der Waals surface area (Å²) in [5, 5.41) is 0. The van der Waals surface area contributed by atoms with Crippen LogP contribution in [0.5, 0.6) is 0 Å². The molecule has 0 atom stereocenters. The van der Waals surface area contributed by atoms with Crippen molar-refractivity contribution in [1.82, 2.24) is 0 Å². The minimum absolute atomic E-state index is 0.133. The average molecular weight is 268 g/mol. The van der Waals surface area contributed by atoms with Crippen molar-refractivity contribution in [2.45, 2.75) is 53.4 Å². The second-order valence-electron chi connectivity index (χ2n) is 6.40. The lowest BCUT2D eigenvalue weighted by Crippen LogP contribution is -2.28. The molecule has 0 unspecified atom stereocenters. The lowest BCUT2D eigenvalue weighted by molar-refractivity contribution is -0.117. The van der Waals surface area contributed by atoms with E-state index >= 15 is 0 Å². The number of hydrogen-bond acceptors (Lipinski definition) is 2. The first-order valence-corrected chi connectivity index (χ1v) is 7.24. The van der Waals surface area contributed by atoms with Crippen LogP contribution in [0.1, 0.15) is 53.4 Å². The Morgan fingerprint density at radius 1 is 0.500 bits per heavy atom. The molecule has 3 aliphatic rings. The molecule has 0 amide bonds. The number of rotatable bonds is 0. The van der Waals surface area contributed by atoms with Gasteiger partial charge in [0.05, 0.1) is 0 Å². The summed E-state index contributed by atoms with van der Waals surface area (Å²) in [5.74, 6) is 0.265. The summed E-state index contributed by atoms with van der Waals surface area (Å²) in [6.45, 7) is 8.27. The molecular formula is C18H20O2. The fourth-order valence-corrected chi connectivity index (χ4v) is 3.32. The zero-order chi connectivity index (χ0) is 14.6. The van der Waals surface area contributed by atoms with Gasteiger partial charge in [-0.05, 0) is 53.4 Å². The number of carbonyl (C=O) groups is 2. The number of allylic oxidation sites excluding steroid dienone is 8. The maximum Gasteiger partial charge on any atom is 0.186 e. The van der Waals surface area contributed by atoms with Crippen LogP contribution in [0.25, 0.3) is 0 Å². The Balaban J connectivity index is 2.04. The number of ketones is 2. The Kier molecular flexibility index (Phi) is 2.93. The summed E-state index contributed by atoms with van der Waals surface area (Å²) in [7, 11) is 0. The molecule has 0 aromatic carbocycles. The molecule has 3 rings (SSSR count). The number of carbonyl (C=O) groups excluding carboxylic acids is 2. The normalized spacial score (nSPS) is 23.6. The van der Waals surface area contributed by atoms with Gasteiger partial charge in [0.1, 0.15) is 0 Å². The topological polar surface area (TPSA) is 34.1 Å². The van der Waals surface area contributed by atoms with Gasteiger partial charge in [-0.25, -0.2) is 0 Å². The van der Waals surface area contributed by atoms with E-state index in [-0.39, 0.29) is 11.6 Å². The average Bonchev–Trinajstić information content (AvgIpc) is 2.41. The molecule has 0 saturated carbocycles. The monoisotopic (exact) mass is 268 g/mol. The van der Waals surface area contributed by atoms with Crippen LogP contribution < -0.4 is 0 Å². The van der Waals surface area contributed by atoms with Crippen molar-refractivity contribution >= 4 is 11.6 Å². The van der Waals surface area contributed by atoms with Crippen LogP contribution in [0.4, 0.5) is 0 Å². The molecule has 0 N–H and O–H groups in total. The third kappa shape index (κ3) is 1.78. The van der Waals surface area contributed by atoms with Gasteiger partial charge in [-0.15, -0.1) is 0 Å². The standard InChI is InChI=1S/C18H20O2/c1-9-5-13-14(6-10(9)2)18(20)16-8-12(4)11(3)7-15(16)17(13)19/h5-8H2,1-4H3. The van der Waals surface area contributed by atoms with E-state index in [9.17, 15) is 9.59 Å². The second kappa shape index (κ2) is 4.41. The molecule has 0 bridgehead atoms. The predicted octanol–water partition coefficient (Wildman–Crippen LogP) is 3.99. The summed E-state index contributed by atoms with van der Waals surface area (Å²) in [5.41, 5.74) is 8.05. The lowest BCUT2D eigenvalue weighted by Gasteiger charge is -2.31. The van der Waals surface area contributed by atoms with E-state index in [1.165, 1.54) is 22.3 Å². The Labute approximate surface area is 119 Å². The van der Waals surface area contributed by atoms with Crippen LogP contribution in [0.3, 0.4) is 0 Å². The van der Waals surface area contributed by atoms with Crippen LogP contribution in [0.15, 0.2) is 44.6 Å². The maximum atomic E-state index is 12.7. The fraction of sp³-hybridized carbons (Fsp3) is 0.444. The van der Waals surface area contributed by atoms with E-state index in [2.05, 4.69) is 27.7 Å². The molecule has 0 radical (unpaired) electrons. The van der Waals surface area contributed by atoms with Crippen LogP contribution in [-0.4, -0.2) is 11.6 Å². The Bertz CT molecular complexity index is 566. The van der Waals surface area contributed by atoms with Crippen LogP contribution in [0.2, 0.25) is 0 Å². The summed E-state index contributed by atoms with van der Waals surface area (Å²) >= 11 is 0. The van der Waals surface area contributed by atoms with E-state index in [1.54, 1.807) is 0 Å². The maximum absolute atomic E-state index is 12.7. The van der Waals surface area contributed by atoms with Crippen molar-refractivity contribution in [3.8, 4) is 0 Å². The highest BCUT2D eigenvalue weighted by atomic mass is 16.1. The fourth-order valence-electron chi connectivity index (χ4n) is 3.32. The van der Waals surface area contributed by atoms with Crippen molar-refractivity contribution in [1.29, 1.82) is 0 Å². The Morgan fingerprint density at radius 3 is 0.900 bits per heavy atom. The minimum atomic E-state index is 0.133. The highest BCUT2D eigenvalue weighted by Crippen LogP contribution is 2.42. The molecule has 2 nitrogen and oxygen atoms in total. The van der Waals surface area contributed by atoms with Crippen molar-refractivity contribution in [3.05, 3.63) is 44.6 Å². The third-order valence-corrected chi connectivity index (χ3v) is 5.05. The van der Waals surface area contributed by atoms with E-state index in [4.69, 9.17) is 0 Å². The molecule has 20 heavy (non-hydrogen) atoms. The smallest absolute Gasteiger partial charge is 0.186 e. The Morgan fingerprint density at radius 2 is 0.700 bits per heavy atom. The zero-order valence-electron chi connectivity index (χ0n) is 12.6. The second-order valence-corrected chi connectivity index (χ2v) is 6.40. The summed E-state index contributed by atoms with van der Waals surface area (Å²) in [6, 6.07) is 0. The molecule has 0 saturated heterocycles. The molecule has 2 heteroatoms. The van der Waals surface area contributed by atoms with E-state index in [1.807, 2.05) is 0 Å². The van der Waals surface area contributed by atoms with E-state index in [0.717, 1.165) is 22.3 Å². The van der Waals surface area contributed by atoms with Crippen LogP contribution in [0, 0.1) is 0 Å². The molecule has 0 fully saturated rings.